The molecule has 6 heteroatoms. The van der Waals surface area contributed by atoms with Gasteiger partial charge in [-0.25, -0.2) is 9.97 Å². The van der Waals surface area contributed by atoms with E-state index in [-0.39, 0.29) is 5.91 Å². The Balaban J connectivity index is 1.55. The van der Waals surface area contributed by atoms with Gasteiger partial charge in [-0.2, -0.15) is 0 Å². The maximum absolute atomic E-state index is 12.6. The molecule has 0 aliphatic carbocycles. The van der Waals surface area contributed by atoms with Crippen LogP contribution >= 0.6 is 11.3 Å². The van der Waals surface area contributed by atoms with E-state index in [9.17, 15) is 4.79 Å². The van der Waals surface area contributed by atoms with E-state index in [1.807, 2.05) is 34.5 Å². The highest BCUT2D eigenvalue weighted by molar-refractivity contribution is 7.10. The summed E-state index contributed by atoms with van der Waals surface area (Å²) in [7, 11) is 0. The van der Waals surface area contributed by atoms with Gasteiger partial charge < -0.3 is 4.90 Å². The first-order valence-corrected chi connectivity index (χ1v) is 9.22. The van der Waals surface area contributed by atoms with E-state index in [4.69, 9.17) is 0 Å². The zero-order valence-corrected chi connectivity index (χ0v) is 14.6. The predicted molar refractivity (Wildman–Crippen MR) is 97.3 cm³/mol. The topological polar surface area (TPSA) is 59.0 Å². The molecule has 1 aliphatic heterocycles. The number of hydrogen-bond donors (Lipinski definition) is 0. The minimum atomic E-state index is 0.189. The molecule has 4 heterocycles. The van der Waals surface area contributed by atoms with E-state index in [0.717, 1.165) is 40.2 Å². The number of carbonyl (C=O) groups is 1. The number of aromatic nitrogens is 3. The molecule has 0 saturated carbocycles. The number of thiophene rings is 1. The molecule has 0 radical (unpaired) electrons. The second-order valence-corrected chi connectivity index (χ2v) is 7.05. The Morgan fingerprint density at radius 2 is 1.96 bits per heavy atom. The largest absolute Gasteiger partial charge is 0.342 e. The molecule has 0 N–H and O–H groups in total. The monoisotopic (exact) mass is 350 g/mol. The van der Waals surface area contributed by atoms with E-state index in [0.29, 0.717) is 19.5 Å². The number of nitrogens with zero attached hydrogens (tertiary/aromatic N) is 4. The standard InChI is InChI=1S/C19H18N4OS/c24-18(12-15-2-1-11-25-15)23-9-5-16-17(6-10-23)21-13-22-19(16)14-3-7-20-8-4-14/h1-4,7-8,11,13H,5-6,9-10,12H2. The van der Waals surface area contributed by atoms with E-state index >= 15 is 0 Å². The summed E-state index contributed by atoms with van der Waals surface area (Å²) in [5.41, 5.74) is 4.21. The predicted octanol–water partition coefficient (Wildman–Crippen LogP) is 2.77. The van der Waals surface area contributed by atoms with Crippen molar-refractivity contribution in [3.05, 3.63) is 64.5 Å². The van der Waals surface area contributed by atoms with Gasteiger partial charge in [0.15, 0.2) is 0 Å². The van der Waals surface area contributed by atoms with Gasteiger partial charge in [-0.15, -0.1) is 11.3 Å². The van der Waals surface area contributed by atoms with Crippen LogP contribution in [0.1, 0.15) is 16.1 Å². The Bertz CT molecular complexity index is 864. The highest BCUT2D eigenvalue weighted by atomic mass is 32.1. The lowest BCUT2D eigenvalue weighted by Gasteiger charge is -2.19. The highest BCUT2D eigenvalue weighted by Gasteiger charge is 2.22. The van der Waals surface area contributed by atoms with Crippen LogP contribution in [0.2, 0.25) is 0 Å². The number of hydrogen-bond acceptors (Lipinski definition) is 5. The van der Waals surface area contributed by atoms with Crippen molar-refractivity contribution in [3.8, 4) is 11.3 Å². The fraction of sp³-hybridized carbons (Fsp3) is 0.263. The van der Waals surface area contributed by atoms with Gasteiger partial charge in [-0.3, -0.25) is 9.78 Å². The number of fused-ring (bicyclic) bond motifs is 1. The SMILES string of the molecule is O=C(Cc1cccs1)N1CCc2ncnc(-c3ccncc3)c2CC1. The van der Waals surface area contributed by atoms with Gasteiger partial charge in [0.05, 0.1) is 12.1 Å². The average molecular weight is 350 g/mol. The van der Waals surface area contributed by atoms with Crippen molar-refractivity contribution in [2.45, 2.75) is 19.3 Å². The quantitative estimate of drug-likeness (QED) is 0.729. The summed E-state index contributed by atoms with van der Waals surface area (Å²) in [6.45, 7) is 1.42. The molecular formula is C19H18N4OS. The molecule has 126 valence electrons. The normalized spacial score (nSPS) is 14.0. The van der Waals surface area contributed by atoms with Crippen molar-refractivity contribution >= 4 is 17.2 Å². The molecule has 0 atom stereocenters. The van der Waals surface area contributed by atoms with Gasteiger partial charge in [-0.1, -0.05) is 6.07 Å². The summed E-state index contributed by atoms with van der Waals surface area (Å²) >= 11 is 1.63. The van der Waals surface area contributed by atoms with Gasteiger partial charge in [0.2, 0.25) is 5.91 Å². The van der Waals surface area contributed by atoms with Crippen molar-refractivity contribution in [2.75, 3.05) is 13.1 Å². The van der Waals surface area contributed by atoms with Crippen LogP contribution < -0.4 is 0 Å². The van der Waals surface area contributed by atoms with Crippen molar-refractivity contribution in [3.63, 3.8) is 0 Å². The first-order valence-electron chi connectivity index (χ1n) is 8.34. The first kappa shape index (κ1) is 15.9. The van der Waals surface area contributed by atoms with E-state index in [1.165, 1.54) is 0 Å². The smallest absolute Gasteiger partial charge is 0.227 e. The zero-order valence-electron chi connectivity index (χ0n) is 13.8. The van der Waals surface area contributed by atoms with Crippen molar-refractivity contribution < 1.29 is 4.79 Å². The molecular weight excluding hydrogens is 332 g/mol. The Morgan fingerprint density at radius 3 is 2.76 bits per heavy atom. The number of amides is 1. The molecule has 3 aromatic rings. The number of pyridine rings is 1. The van der Waals surface area contributed by atoms with E-state index < -0.39 is 0 Å². The summed E-state index contributed by atoms with van der Waals surface area (Å²) < 4.78 is 0. The van der Waals surface area contributed by atoms with Gasteiger partial charge in [0.25, 0.3) is 0 Å². The summed E-state index contributed by atoms with van der Waals surface area (Å²) in [6.07, 6.45) is 7.21. The molecule has 3 aromatic heterocycles. The summed E-state index contributed by atoms with van der Waals surface area (Å²) in [6, 6.07) is 7.94. The summed E-state index contributed by atoms with van der Waals surface area (Å²) in [5, 5.41) is 2.01. The van der Waals surface area contributed by atoms with Crippen LogP contribution in [-0.4, -0.2) is 38.8 Å². The third kappa shape index (κ3) is 3.44. The average Bonchev–Trinajstić information content (AvgIpc) is 3.05. The van der Waals surface area contributed by atoms with Crippen LogP contribution in [0.25, 0.3) is 11.3 Å². The Labute approximate surface area is 150 Å². The zero-order chi connectivity index (χ0) is 17.1. The fourth-order valence-electron chi connectivity index (χ4n) is 3.21. The first-order chi connectivity index (χ1) is 12.3. The van der Waals surface area contributed by atoms with E-state index in [2.05, 4.69) is 15.0 Å². The van der Waals surface area contributed by atoms with Crippen LogP contribution in [0.15, 0.2) is 48.4 Å². The van der Waals surface area contributed by atoms with Crippen molar-refractivity contribution in [1.82, 2.24) is 19.9 Å². The Morgan fingerprint density at radius 1 is 1.12 bits per heavy atom. The number of rotatable bonds is 3. The summed E-state index contributed by atoms with van der Waals surface area (Å²) in [5.74, 6) is 0.189. The maximum atomic E-state index is 12.6. The van der Waals surface area contributed by atoms with Gasteiger partial charge >= 0.3 is 0 Å². The van der Waals surface area contributed by atoms with Crippen LogP contribution in [0.5, 0.6) is 0 Å². The van der Waals surface area contributed by atoms with Gasteiger partial charge in [0.1, 0.15) is 6.33 Å². The van der Waals surface area contributed by atoms with Gasteiger partial charge in [-0.05, 0) is 30.0 Å². The molecule has 1 amide bonds. The lowest BCUT2D eigenvalue weighted by Crippen LogP contribution is -2.34. The Kier molecular flexibility index (Phi) is 4.52. The second-order valence-electron chi connectivity index (χ2n) is 6.02. The second kappa shape index (κ2) is 7.11. The fourth-order valence-corrected chi connectivity index (χ4v) is 3.90. The van der Waals surface area contributed by atoms with Crippen LogP contribution in [0, 0.1) is 0 Å². The minimum absolute atomic E-state index is 0.189. The molecule has 0 spiro atoms. The van der Waals surface area contributed by atoms with Gasteiger partial charge in [0, 0.05) is 53.6 Å². The Hall–Kier alpha value is -2.60. The lowest BCUT2D eigenvalue weighted by molar-refractivity contribution is -0.130. The third-order valence-corrected chi connectivity index (χ3v) is 5.37. The van der Waals surface area contributed by atoms with Crippen LogP contribution in [0.4, 0.5) is 0 Å². The molecule has 0 saturated heterocycles. The molecule has 0 aromatic carbocycles. The number of carbonyl (C=O) groups excluding carboxylic acids is 1. The third-order valence-electron chi connectivity index (χ3n) is 4.50. The minimum Gasteiger partial charge on any atom is -0.342 e. The molecule has 0 fully saturated rings. The van der Waals surface area contributed by atoms with Crippen LogP contribution in [-0.2, 0) is 24.1 Å². The molecule has 25 heavy (non-hydrogen) atoms. The maximum Gasteiger partial charge on any atom is 0.227 e. The molecule has 0 unspecified atom stereocenters. The van der Waals surface area contributed by atoms with Crippen LogP contribution in [0.3, 0.4) is 0 Å². The molecule has 5 nitrogen and oxygen atoms in total. The van der Waals surface area contributed by atoms with Crippen molar-refractivity contribution in [2.24, 2.45) is 0 Å². The van der Waals surface area contributed by atoms with Crippen molar-refractivity contribution in [1.29, 1.82) is 0 Å². The molecule has 0 bridgehead atoms. The molecule has 4 rings (SSSR count). The summed E-state index contributed by atoms with van der Waals surface area (Å²) in [4.78, 5) is 28.7. The molecule has 1 aliphatic rings. The van der Waals surface area contributed by atoms with E-state index in [1.54, 1.807) is 30.1 Å². The highest BCUT2D eigenvalue weighted by Crippen LogP contribution is 2.25. The lowest BCUT2D eigenvalue weighted by atomic mass is 10.0.